The van der Waals surface area contributed by atoms with E-state index in [9.17, 15) is 4.79 Å². The lowest BCUT2D eigenvalue weighted by atomic mass is 10.0. The second kappa shape index (κ2) is 5.32. The molecule has 0 saturated carbocycles. The number of carbonyl (C=O) groups excluding carboxylic acids is 1. The maximum Gasteiger partial charge on any atom is 0.239 e. The Bertz CT molecular complexity index is 197. The molecule has 1 saturated heterocycles. The molecule has 4 nitrogen and oxygen atoms in total. The first kappa shape index (κ1) is 11.5. The maximum absolute atomic E-state index is 11.9. The van der Waals surface area contributed by atoms with E-state index in [1.54, 1.807) is 12.0 Å². The molecule has 1 aliphatic rings. The molecule has 2 unspecified atom stereocenters. The number of nitrogens with zero attached hydrogens (tertiary/aromatic N) is 1. The minimum absolute atomic E-state index is 0.0110. The number of ether oxygens (including phenoxy) is 1. The maximum atomic E-state index is 11.9. The van der Waals surface area contributed by atoms with Crippen LogP contribution >= 0.6 is 0 Å². The van der Waals surface area contributed by atoms with Crippen LogP contribution < -0.4 is 5.32 Å². The Morgan fingerprint density at radius 1 is 1.64 bits per heavy atom. The number of hydrogen-bond acceptors (Lipinski definition) is 3. The molecular weight excluding hydrogens is 180 g/mol. The van der Waals surface area contributed by atoms with E-state index >= 15 is 0 Å². The Morgan fingerprint density at radius 3 is 2.86 bits per heavy atom. The highest BCUT2D eigenvalue weighted by Crippen LogP contribution is 2.15. The van der Waals surface area contributed by atoms with Gasteiger partial charge in [-0.25, -0.2) is 0 Å². The van der Waals surface area contributed by atoms with E-state index in [1.165, 1.54) is 0 Å². The quantitative estimate of drug-likeness (QED) is 0.699. The fraction of sp³-hybridized carbons (Fsp3) is 0.900. The molecule has 1 fully saturated rings. The van der Waals surface area contributed by atoms with Gasteiger partial charge < -0.3 is 15.0 Å². The number of methoxy groups -OCH3 is 1. The zero-order chi connectivity index (χ0) is 10.6. The monoisotopic (exact) mass is 200 g/mol. The van der Waals surface area contributed by atoms with Crippen molar-refractivity contribution in [1.82, 2.24) is 10.2 Å². The van der Waals surface area contributed by atoms with E-state index in [4.69, 9.17) is 4.74 Å². The number of rotatable bonds is 4. The molecule has 1 N–H and O–H groups in total. The predicted molar refractivity (Wildman–Crippen MR) is 55.1 cm³/mol. The van der Waals surface area contributed by atoms with E-state index < -0.39 is 0 Å². The Labute approximate surface area is 85.6 Å². The number of nitrogens with one attached hydrogen (secondary N) is 1. The lowest BCUT2D eigenvalue weighted by Crippen LogP contribution is -2.45. The van der Waals surface area contributed by atoms with Gasteiger partial charge >= 0.3 is 0 Å². The highest BCUT2D eigenvalue weighted by molar-refractivity contribution is 5.82. The van der Waals surface area contributed by atoms with Gasteiger partial charge in [0.15, 0.2) is 0 Å². The van der Waals surface area contributed by atoms with Gasteiger partial charge in [0, 0.05) is 20.7 Å². The zero-order valence-electron chi connectivity index (χ0n) is 9.25. The topological polar surface area (TPSA) is 41.6 Å². The van der Waals surface area contributed by atoms with Crippen molar-refractivity contribution < 1.29 is 9.53 Å². The van der Waals surface area contributed by atoms with E-state index in [0.717, 1.165) is 13.0 Å². The molecule has 0 aromatic heterocycles. The van der Waals surface area contributed by atoms with Gasteiger partial charge in [0.2, 0.25) is 5.91 Å². The average molecular weight is 200 g/mol. The predicted octanol–water partition coefficient (Wildman–Crippen LogP) is 0.0892. The molecule has 1 rings (SSSR count). The van der Waals surface area contributed by atoms with Gasteiger partial charge in [-0.3, -0.25) is 4.79 Å². The van der Waals surface area contributed by atoms with Crippen molar-refractivity contribution in [3.63, 3.8) is 0 Å². The smallest absolute Gasteiger partial charge is 0.239 e. The van der Waals surface area contributed by atoms with Crippen LogP contribution in [0.3, 0.4) is 0 Å². The average Bonchev–Trinajstić information content (AvgIpc) is 2.59. The molecule has 0 radical (unpaired) electrons. The number of likely N-dealkylation sites (N-methyl/N-ethyl adjacent to an activating group) is 1. The van der Waals surface area contributed by atoms with Crippen LogP contribution in [0.25, 0.3) is 0 Å². The summed E-state index contributed by atoms with van der Waals surface area (Å²) in [6.07, 6.45) is 1.09. The Kier molecular flexibility index (Phi) is 4.35. The lowest BCUT2D eigenvalue weighted by molar-refractivity contribution is -0.133. The van der Waals surface area contributed by atoms with Crippen LogP contribution in [0, 0.1) is 5.92 Å². The van der Waals surface area contributed by atoms with Crippen molar-refractivity contribution in [3.8, 4) is 0 Å². The van der Waals surface area contributed by atoms with Crippen LogP contribution in [-0.2, 0) is 9.53 Å². The second-order valence-corrected chi connectivity index (χ2v) is 3.95. The number of carbonyl (C=O) groups is 1. The number of amides is 1. The Morgan fingerprint density at radius 2 is 2.36 bits per heavy atom. The van der Waals surface area contributed by atoms with Crippen LogP contribution in [0.15, 0.2) is 0 Å². The van der Waals surface area contributed by atoms with Crippen molar-refractivity contribution in [1.29, 1.82) is 0 Å². The van der Waals surface area contributed by atoms with E-state index in [0.29, 0.717) is 19.1 Å². The molecule has 4 heteroatoms. The summed E-state index contributed by atoms with van der Waals surface area (Å²) in [4.78, 5) is 13.6. The summed E-state index contributed by atoms with van der Waals surface area (Å²) in [7, 11) is 3.48. The first-order chi connectivity index (χ1) is 6.66. The molecule has 2 atom stereocenters. The van der Waals surface area contributed by atoms with E-state index in [2.05, 4.69) is 12.2 Å². The molecule has 1 amide bonds. The third-order valence-corrected chi connectivity index (χ3v) is 2.81. The van der Waals surface area contributed by atoms with Crippen LogP contribution in [0.4, 0.5) is 0 Å². The molecule has 82 valence electrons. The van der Waals surface area contributed by atoms with Gasteiger partial charge in [0.1, 0.15) is 0 Å². The molecule has 1 aliphatic heterocycles. The van der Waals surface area contributed by atoms with E-state index in [1.807, 2.05) is 7.05 Å². The minimum Gasteiger partial charge on any atom is -0.383 e. The van der Waals surface area contributed by atoms with Crippen molar-refractivity contribution in [2.45, 2.75) is 19.4 Å². The summed E-state index contributed by atoms with van der Waals surface area (Å²) >= 11 is 0. The summed E-state index contributed by atoms with van der Waals surface area (Å²) in [5.41, 5.74) is 0. The summed E-state index contributed by atoms with van der Waals surface area (Å²) in [5, 5.41) is 3.23. The molecule has 0 aromatic rings. The van der Waals surface area contributed by atoms with Gasteiger partial charge in [-0.2, -0.15) is 0 Å². The SMILES string of the molecule is COCCN(C)C(=O)C1NCCC1C. The van der Waals surface area contributed by atoms with Crippen LogP contribution in [0.1, 0.15) is 13.3 Å². The van der Waals surface area contributed by atoms with E-state index in [-0.39, 0.29) is 11.9 Å². The largest absolute Gasteiger partial charge is 0.383 e. The molecule has 1 heterocycles. The fourth-order valence-electron chi connectivity index (χ4n) is 1.74. The van der Waals surface area contributed by atoms with Gasteiger partial charge in [-0.05, 0) is 18.9 Å². The lowest BCUT2D eigenvalue weighted by Gasteiger charge is -2.23. The fourth-order valence-corrected chi connectivity index (χ4v) is 1.74. The summed E-state index contributed by atoms with van der Waals surface area (Å²) in [5.74, 6) is 0.638. The van der Waals surface area contributed by atoms with Crippen LogP contribution in [0.5, 0.6) is 0 Å². The van der Waals surface area contributed by atoms with Crippen molar-refractivity contribution >= 4 is 5.91 Å². The van der Waals surface area contributed by atoms with Gasteiger partial charge in [0.25, 0.3) is 0 Å². The highest BCUT2D eigenvalue weighted by atomic mass is 16.5. The van der Waals surface area contributed by atoms with Crippen LogP contribution in [0.2, 0.25) is 0 Å². The van der Waals surface area contributed by atoms with Gasteiger partial charge in [0.05, 0.1) is 12.6 Å². The van der Waals surface area contributed by atoms with Crippen LogP contribution in [-0.4, -0.2) is 50.7 Å². The van der Waals surface area contributed by atoms with Crippen molar-refractivity contribution in [2.75, 3.05) is 33.9 Å². The first-order valence-corrected chi connectivity index (χ1v) is 5.14. The Balaban J connectivity index is 2.39. The van der Waals surface area contributed by atoms with Crippen molar-refractivity contribution in [2.24, 2.45) is 5.92 Å². The molecular formula is C10H20N2O2. The van der Waals surface area contributed by atoms with Gasteiger partial charge in [-0.1, -0.05) is 6.92 Å². The van der Waals surface area contributed by atoms with Gasteiger partial charge in [-0.15, -0.1) is 0 Å². The zero-order valence-corrected chi connectivity index (χ0v) is 9.25. The Hall–Kier alpha value is -0.610. The number of hydrogen-bond donors (Lipinski definition) is 1. The third-order valence-electron chi connectivity index (χ3n) is 2.81. The first-order valence-electron chi connectivity index (χ1n) is 5.14. The summed E-state index contributed by atoms with van der Waals surface area (Å²) < 4.78 is 4.94. The second-order valence-electron chi connectivity index (χ2n) is 3.95. The summed E-state index contributed by atoms with van der Waals surface area (Å²) in [6.45, 7) is 4.34. The summed E-state index contributed by atoms with van der Waals surface area (Å²) in [6, 6.07) is 0.0110. The molecule has 14 heavy (non-hydrogen) atoms. The third kappa shape index (κ3) is 2.69. The molecule has 0 spiro atoms. The molecule has 0 aromatic carbocycles. The minimum atomic E-state index is 0.0110. The molecule has 0 aliphatic carbocycles. The normalized spacial score (nSPS) is 26.5. The van der Waals surface area contributed by atoms with Crippen molar-refractivity contribution in [3.05, 3.63) is 0 Å². The molecule has 0 bridgehead atoms. The highest BCUT2D eigenvalue weighted by Gasteiger charge is 2.30. The standard InChI is InChI=1S/C10H20N2O2/c1-8-4-5-11-9(8)10(13)12(2)6-7-14-3/h8-9,11H,4-7H2,1-3H3.